The number of aryl methyl sites for hydroxylation is 1. The Balaban J connectivity index is 1.22. The molecule has 3 heterocycles. The van der Waals surface area contributed by atoms with Crippen molar-refractivity contribution in [3.8, 4) is 0 Å². The van der Waals surface area contributed by atoms with Crippen molar-refractivity contribution in [3.05, 3.63) is 72.7 Å². The molecule has 3 aromatic heterocycles. The molecule has 0 aliphatic rings. The second-order valence-electron chi connectivity index (χ2n) is 7.52. The summed E-state index contributed by atoms with van der Waals surface area (Å²) in [6.45, 7) is 1.41. The van der Waals surface area contributed by atoms with Crippen LogP contribution in [-0.2, 0) is 6.54 Å². The number of aromatic nitrogens is 4. The Bertz CT molecular complexity index is 1410. The molecule has 31 heavy (non-hydrogen) atoms. The second-order valence-corrected chi connectivity index (χ2v) is 7.52. The number of amides is 1. The highest BCUT2D eigenvalue weighted by molar-refractivity contribution is 6.06. The van der Waals surface area contributed by atoms with Crippen molar-refractivity contribution < 1.29 is 4.79 Å². The van der Waals surface area contributed by atoms with Gasteiger partial charge in [0.1, 0.15) is 5.52 Å². The molecule has 0 saturated carbocycles. The highest BCUT2D eigenvalue weighted by Gasteiger charge is 2.12. The number of imidazole rings is 1. The number of nitrogen functional groups attached to an aromatic ring is 1. The number of rotatable bonds is 6. The van der Waals surface area contributed by atoms with Crippen LogP contribution in [0.25, 0.3) is 32.8 Å². The van der Waals surface area contributed by atoms with Gasteiger partial charge < -0.3 is 15.6 Å². The first-order valence-electron chi connectivity index (χ1n) is 10.3. The van der Waals surface area contributed by atoms with Crippen LogP contribution in [0.15, 0.2) is 67.1 Å². The van der Waals surface area contributed by atoms with Crippen molar-refractivity contribution in [2.75, 3.05) is 12.3 Å². The van der Waals surface area contributed by atoms with Gasteiger partial charge in [0.15, 0.2) is 5.82 Å². The Morgan fingerprint density at radius 3 is 2.84 bits per heavy atom. The van der Waals surface area contributed by atoms with E-state index in [-0.39, 0.29) is 5.91 Å². The number of pyridine rings is 2. The number of para-hydroxylation sites is 1. The Morgan fingerprint density at radius 1 is 1.00 bits per heavy atom. The van der Waals surface area contributed by atoms with Gasteiger partial charge in [-0.3, -0.25) is 9.78 Å². The van der Waals surface area contributed by atoms with Gasteiger partial charge in [0.2, 0.25) is 0 Å². The molecule has 0 fully saturated rings. The maximum Gasteiger partial charge on any atom is 0.251 e. The number of nitrogens with zero attached hydrogens (tertiary/aromatic N) is 4. The molecular formula is C24H22N6O. The van der Waals surface area contributed by atoms with Gasteiger partial charge in [0.05, 0.1) is 22.9 Å². The zero-order valence-electron chi connectivity index (χ0n) is 17.0. The maximum atomic E-state index is 12.5. The van der Waals surface area contributed by atoms with E-state index in [1.165, 1.54) is 0 Å². The first kappa shape index (κ1) is 19.0. The first-order chi connectivity index (χ1) is 15.2. The number of benzene rings is 2. The average molecular weight is 410 g/mol. The molecule has 0 saturated heterocycles. The third-order valence-corrected chi connectivity index (χ3v) is 5.46. The minimum atomic E-state index is -0.0660. The highest BCUT2D eigenvalue weighted by Crippen LogP contribution is 2.27. The molecule has 5 rings (SSSR count). The lowest BCUT2D eigenvalue weighted by Gasteiger charge is -2.09. The molecule has 0 bridgehead atoms. The van der Waals surface area contributed by atoms with Crippen LogP contribution in [0.2, 0.25) is 0 Å². The van der Waals surface area contributed by atoms with E-state index in [2.05, 4.69) is 24.8 Å². The lowest BCUT2D eigenvalue weighted by atomic mass is 10.1. The Kier molecular flexibility index (Phi) is 4.92. The molecule has 1 amide bonds. The molecule has 7 nitrogen and oxygen atoms in total. The molecular weight excluding hydrogens is 388 g/mol. The zero-order valence-corrected chi connectivity index (χ0v) is 17.0. The van der Waals surface area contributed by atoms with Gasteiger partial charge >= 0.3 is 0 Å². The Labute approximate surface area is 178 Å². The Morgan fingerprint density at radius 2 is 1.90 bits per heavy atom. The fraction of sp³-hybridized carbons (Fsp3) is 0.167. The predicted molar refractivity (Wildman–Crippen MR) is 123 cm³/mol. The molecule has 2 aromatic carbocycles. The topological polar surface area (TPSA) is 98.7 Å². The lowest BCUT2D eigenvalue weighted by Crippen LogP contribution is -2.24. The SMILES string of the molecule is Nc1nc2ccccc2c2c1ncn2CCCCNC(=O)c1ccc2ncccc2c1. The molecule has 0 unspecified atom stereocenters. The summed E-state index contributed by atoms with van der Waals surface area (Å²) in [4.78, 5) is 25.7. The van der Waals surface area contributed by atoms with Crippen molar-refractivity contribution in [2.24, 2.45) is 0 Å². The average Bonchev–Trinajstić information content (AvgIpc) is 3.23. The molecule has 3 N–H and O–H groups in total. The van der Waals surface area contributed by atoms with Crippen molar-refractivity contribution >= 4 is 44.6 Å². The molecule has 0 atom stereocenters. The van der Waals surface area contributed by atoms with Gasteiger partial charge in [-0.2, -0.15) is 0 Å². The third kappa shape index (κ3) is 3.66. The molecule has 0 aliphatic carbocycles. The number of nitrogens with one attached hydrogen (secondary N) is 1. The molecule has 0 spiro atoms. The summed E-state index contributed by atoms with van der Waals surface area (Å²) in [7, 11) is 0. The Hall–Kier alpha value is -4.00. The number of fused-ring (bicyclic) bond motifs is 4. The number of hydrogen-bond acceptors (Lipinski definition) is 5. The predicted octanol–water partition coefficient (Wildman–Crippen LogP) is 3.93. The van der Waals surface area contributed by atoms with E-state index in [0.29, 0.717) is 17.9 Å². The summed E-state index contributed by atoms with van der Waals surface area (Å²) in [6.07, 6.45) is 5.33. The van der Waals surface area contributed by atoms with Gasteiger partial charge in [-0.05, 0) is 43.2 Å². The van der Waals surface area contributed by atoms with Crippen LogP contribution in [0.5, 0.6) is 0 Å². The molecule has 154 valence electrons. The van der Waals surface area contributed by atoms with Crippen LogP contribution < -0.4 is 11.1 Å². The molecule has 0 aliphatic heterocycles. The van der Waals surface area contributed by atoms with Crippen molar-refractivity contribution in [1.82, 2.24) is 24.8 Å². The third-order valence-electron chi connectivity index (χ3n) is 5.46. The largest absolute Gasteiger partial charge is 0.382 e. The maximum absolute atomic E-state index is 12.5. The summed E-state index contributed by atoms with van der Waals surface area (Å²) in [5.41, 5.74) is 10.2. The van der Waals surface area contributed by atoms with E-state index < -0.39 is 0 Å². The number of anilines is 1. The number of carbonyl (C=O) groups is 1. The molecule has 0 radical (unpaired) electrons. The summed E-state index contributed by atoms with van der Waals surface area (Å²) in [5, 5.41) is 5.01. The second kappa shape index (κ2) is 8.02. The summed E-state index contributed by atoms with van der Waals surface area (Å²) >= 11 is 0. The van der Waals surface area contributed by atoms with Gasteiger partial charge in [0.25, 0.3) is 5.91 Å². The van der Waals surface area contributed by atoms with Gasteiger partial charge in [0, 0.05) is 35.6 Å². The number of nitrogens with two attached hydrogens (primary N) is 1. The lowest BCUT2D eigenvalue weighted by molar-refractivity contribution is 0.0953. The fourth-order valence-corrected chi connectivity index (χ4v) is 3.90. The van der Waals surface area contributed by atoms with Gasteiger partial charge in [-0.25, -0.2) is 9.97 Å². The van der Waals surface area contributed by atoms with E-state index >= 15 is 0 Å². The summed E-state index contributed by atoms with van der Waals surface area (Å²) in [6, 6.07) is 17.3. The van der Waals surface area contributed by atoms with E-state index in [0.717, 1.165) is 52.2 Å². The quantitative estimate of drug-likeness (QED) is 0.413. The van der Waals surface area contributed by atoms with Crippen molar-refractivity contribution in [3.63, 3.8) is 0 Å². The van der Waals surface area contributed by atoms with Crippen LogP contribution in [-0.4, -0.2) is 32.0 Å². The van der Waals surface area contributed by atoms with E-state index in [9.17, 15) is 4.79 Å². The zero-order chi connectivity index (χ0) is 21.2. The van der Waals surface area contributed by atoms with E-state index in [1.54, 1.807) is 6.20 Å². The number of carbonyl (C=O) groups excluding carboxylic acids is 1. The van der Waals surface area contributed by atoms with Crippen LogP contribution >= 0.6 is 0 Å². The van der Waals surface area contributed by atoms with Gasteiger partial charge in [-0.1, -0.05) is 24.3 Å². The van der Waals surface area contributed by atoms with Crippen molar-refractivity contribution in [1.29, 1.82) is 0 Å². The van der Waals surface area contributed by atoms with Crippen LogP contribution in [0.4, 0.5) is 5.82 Å². The van der Waals surface area contributed by atoms with Crippen LogP contribution in [0.3, 0.4) is 0 Å². The minimum Gasteiger partial charge on any atom is -0.382 e. The normalized spacial score (nSPS) is 11.4. The molecule has 5 aromatic rings. The standard InChI is InChI=1S/C24H22N6O/c25-23-21-22(18-7-1-2-8-20(18)29-23)30(15-28-21)13-4-3-11-27-24(31)17-9-10-19-16(14-17)6-5-12-26-19/h1-2,5-10,12,14-15H,3-4,11,13H2,(H2,25,29)(H,27,31). The minimum absolute atomic E-state index is 0.0660. The fourth-order valence-electron chi connectivity index (χ4n) is 3.90. The van der Waals surface area contributed by atoms with Crippen LogP contribution in [0, 0.1) is 0 Å². The summed E-state index contributed by atoms with van der Waals surface area (Å²) < 4.78 is 2.12. The van der Waals surface area contributed by atoms with Crippen molar-refractivity contribution in [2.45, 2.75) is 19.4 Å². The van der Waals surface area contributed by atoms with Gasteiger partial charge in [-0.15, -0.1) is 0 Å². The summed E-state index contributed by atoms with van der Waals surface area (Å²) in [5.74, 6) is 0.383. The van der Waals surface area contributed by atoms with Crippen LogP contribution in [0.1, 0.15) is 23.2 Å². The van der Waals surface area contributed by atoms with E-state index in [1.807, 2.05) is 60.9 Å². The smallest absolute Gasteiger partial charge is 0.251 e. The number of hydrogen-bond donors (Lipinski definition) is 2. The molecule has 7 heteroatoms. The number of unbranched alkanes of at least 4 members (excludes halogenated alkanes) is 1. The van der Waals surface area contributed by atoms with E-state index in [4.69, 9.17) is 5.73 Å². The monoisotopic (exact) mass is 410 g/mol. The highest BCUT2D eigenvalue weighted by atomic mass is 16.1. The first-order valence-corrected chi connectivity index (χ1v) is 10.3.